The Morgan fingerprint density at radius 2 is 1.78 bits per heavy atom. The zero-order chi connectivity index (χ0) is 13.1. The average molecular weight is 243 g/mol. The van der Waals surface area contributed by atoms with Crippen molar-refractivity contribution in [2.75, 3.05) is 12.8 Å². The number of methoxy groups -OCH3 is 1. The molecule has 0 fully saturated rings. The van der Waals surface area contributed by atoms with Crippen molar-refractivity contribution >= 4 is 5.82 Å². The van der Waals surface area contributed by atoms with E-state index >= 15 is 0 Å². The molecular weight excluding hydrogens is 226 g/mol. The van der Waals surface area contributed by atoms with Crippen molar-refractivity contribution in [3.63, 3.8) is 0 Å². The molecule has 94 valence electrons. The van der Waals surface area contributed by atoms with Crippen LogP contribution in [-0.2, 0) is 0 Å². The van der Waals surface area contributed by atoms with E-state index in [1.165, 1.54) is 6.33 Å². The van der Waals surface area contributed by atoms with Crippen molar-refractivity contribution in [2.24, 2.45) is 0 Å². The third kappa shape index (κ3) is 2.27. The fourth-order valence-electron chi connectivity index (χ4n) is 1.96. The summed E-state index contributed by atoms with van der Waals surface area (Å²) < 4.78 is 5.15. The monoisotopic (exact) mass is 243 g/mol. The summed E-state index contributed by atoms with van der Waals surface area (Å²) in [7, 11) is 1.65. The number of nitrogens with zero attached hydrogens (tertiary/aromatic N) is 2. The average Bonchev–Trinajstić information content (AvgIpc) is 2.38. The smallest absolute Gasteiger partial charge is 0.130 e. The number of anilines is 1. The fourth-order valence-corrected chi connectivity index (χ4v) is 1.96. The standard InChI is InChI=1S/C14H17N3O/c1-9(2)12-13(16-8-17-14(12)15)10-4-6-11(18-3)7-5-10/h4-9H,1-3H3,(H2,15,16,17). The first-order chi connectivity index (χ1) is 8.63. The number of rotatable bonds is 3. The van der Waals surface area contributed by atoms with Crippen molar-refractivity contribution < 1.29 is 4.74 Å². The number of nitrogen functional groups attached to an aromatic ring is 1. The molecule has 2 N–H and O–H groups in total. The van der Waals surface area contributed by atoms with E-state index in [0.29, 0.717) is 5.82 Å². The Balaban J connectivity index is 2.52. The highest BCUT2D eigenvalue weighted by atomic mass is 16.5. The first-order valence-electron chi connectivity index (χ1n) is 5.88. The maximum absolute atomic E-state index is 5.94. The highest BCUT2D eigenvalue weighted by molar-refractivity contribution is 5.68. The van der Waals surface area contributed by atoms with E-state index in [-0.39, 0.29) is 5.92 Å². The van der Waals surface area contributed by atoms with Crippen molar-refractivity contribution in [3.8, 4) is 17.0 Å². The van der Waals surface area contributed by atoms with Crippen LogP contribution in [0.3, 0.4) is 0 Å². The largest absolute Gasteiger partial charge is 0.497 e. The summed E-state index contributed by atoms with van der Waals surface area (Å²) in [5.74, 6) is 1.65. The summed E-state index contributed by atoms with van der Waals surface area (Å²) in [5, 5.41) is 0. The molecule has 0 spiro atoms. The number of hydrogen-bond acceptors (Lipinski definition) is 4. The molecule has 4 nitrogen and oxygen atoms in total. The molecule has 0 aliphatic heterocycles. The molecule has 0 unspecified atom stereocenters. The van der Waals surface area contributed by atoms with Gasteiger partial charge in [-0.05, 0) is 30.2 Å². The Morgan fingerprint density at radius 1 is 1.11 bits per heavy atom. The Morgan fingerprint density at radius 3 is 2.33 bits per heavy atom. The quantitative estimate of drug-likeness (QED) is 0.900. The lowest BCUT2D eigenvalue weighted by Gasteiger charge is -2.13. The zero-order valence-corrected chi connectivity index (χ0v) is 10.8. The molecule has 0 aliphatic carbocycles. The molecule has 0 radical (unpaired) electrons. The summed E-state index contributed by atoms with van der Waals surface area (Å²) in [6.07, 6.45) is 1.50. The van der Waals surface area contributed by atoms with Gasteiger partial charge in [-0.3, -0.25) is 0 Å². The van der Waals surface area contributed by atoms with Crippen molar-refractivity contribution in [1.82, 2.24) is 9.97 Å². The van der Waals surface area contributed by atoms with Crippen LogP contribution in [0.2, 0.25) is 0 Å². The molecule has 0 aliphatic rings. The summed E-state index contributed by atoms with van der Waals surface area (Å²) in [6, 6.07) is 7.79. The number of aromatic nitrogens is 2. The highest BCUT2D eigenvalue weighted by Gasteiger charge is 2.14. The predicted octanol–water partition coefficient (Wildman–Crippen LogP) is 2.86. The molecule has 2 aromatic rings. The van der Waals surface area contributed by atoms with Crippen LogP contribution in [0, 0.1) is 0 Å². The van der Waals surface area contributed by atoms with Crippen LogP contribution in [0.25, 0.3) is 11.3 Å². The first-order valence-corrected chi connectivity index (χ1v) is 5.88. The fraction of sp³-hybridized carbons (Fsp3) is 0.286. The van der Waals surface area contributed by atoms with Crippen LogP contribution < -0.4 is 10.5 Å². The van der Waals surface area contributed by atoms with E-state index in [9.17, 15) is 0 Å². The Bertz CT molecular complexity index is 535. The number of nitrogens with two attached hydrogens (primary N) is 1. The van der Waals surface area contributed by atoms with Crippen LogP contribution in [0.5, 0.6) is 5.75 Å². The minimum atomic E-state index is 0.281. The first kappa shape index (κ1) is 12.4. The second-order valence-corrected chi connectivity index (χ2v) is 4.40. The van der Waals surface area contributed by atoms with Gasteiger partial charge in [-0.2, -0.15) is 0 Å². The molecule has 0 atom stereocenters. The molecule has 0 bridgehead atoms. The van der Waals surface area contributed by atoms with Gasteiger partial charge in [0.2, 0.25) is 0 Å². The number of ether oxygens (including phenoxy) is 1. The van der Waals surface area contributed by atoms with E-state index in [0.717, 1.165) is 22.6 Å². The lowest BCUT2D eigenvalue weighted by atomic mass is 9.97. The molecule has 1 heterocycles. The number of hydrogen-bond donors (Lipinski definition) is 1. The second kappa shape index (κ2) is 5.04. The molecule has 0 amide bonds. The van der Waals surface area contributed by atoms with Gasteiger partial charge in [-0.1, -0.05) is 13.8 Å². The van der Waals surface area contributed by atoms with Crippen LogP contribution in [0.1, 0.15) is 25.3 Å². The lowest BCUT2D eigenvalue weighted by Crippen LogP contribution is -2.04. The van der Waals surface area contributed by atoms with E-state index in [1.54, 1.807) is 7.11 Å². The maximum atomic E-state index is 5.94. The van der Waals surface area contributed by atoms with Gasteiger partial charge in [-0.15, -0.1) is 0 Å². The molecule has 4 heteroatoms. The van der Waals surface area contributed by atoms with Gasteiger partial charge in [0.15, 0.2) is 0 Å². The molecule has 1 aromatic carbocycles. The summed E-state index contributed by atoms with van der Waals surface area (Å²) in [6.45, 7) is 4.17. The maximum Gasteiger partial charge on any atom is 0.130 e. The molecule has 2 rings (SSSR count). The summed E-state index contributed by atoms with van der Waals surface area (Å²) in [5.41, 5.74) is 8.84. The van der Waals surface area contributed by atoms with Gasteiger partial charge in [0.1, 0.15) is 17.9 Å². The minimum absolute atomic E-state index is 0.281. The topological polar surface area (TPSA) is 61.0 Å². The normalized spacial score (nSPS) is 10.7. The van der Waals surface area contributed by atoms with E-state index in [2.05, 4.69) is 23.8 Å². The predicted molar refractivity (Wildman–Crippen MR) is 72.5 cm³/mol. The zero-order valence-electron chi connectivity index (χ0n) is 10.8. The van der Waals surface area contributed by atoms with Gasteiger partial charge in [0.25, 0.3) is 0 Å². The molecule has 18 heavy (non-hydrogen) atoms. The third-order valence-corrected chi connectivity index (χ3v) is 2.86. The molecular formula is C14H17N3O. The minimum Gasteiger partial charge on any atom is -0.497 e. The van der Waals surface area contributed by atoms with Gasteiger partial charge in [0.05, 0.1) is 12.8 Å². The highest BCUT2D eigenvalue weighted by Crippen LogP contribution is 2.31. The van der Waals surface area contributed by atoms with Crippen molar-refractivity contribution in [2.45, 2.75) is 19.8 Å². The van der Waals surface area contributed by atoms with E-state index < -0.39 is 0 Å². The van der Waals surface area contributed by atoms with Gasteiger partial charge in [0, 0.05) is 11.1 Å². The lowest BCUT2D eigenvalue weighted by molar-refractivity contribution is 0.415. The molecule has 1 aromatic heterocycles. The van der Waals surface area contributed by atoms with Gasteiger partial charge < -0.3 is 10.5 Å². The second-order valence-electron chi connectivity index (χ2n) is 4.40. The summed E-state index contributed by atoms with van der Waals surface area (Å²) in [4.78, 5) is 8.42. The van der Waals surface area contributed by atoms with Gasteiger partial charge in [-0.25, -0.2) is 9.97 Å². The van der Waals surface area contributed by atoms with Crippen LogP contribution in [0.4, 0.5) is 5.82 Å². The van der Waals surface area contributed by atoms with Gasteiger partial charge >= 0.3 is 0 Å². The molecule has 0 saturated carbocycles. The van der Waals surface area contributed by atoms with Crippen LogP contribution in [0.15, 0.2) is 30.6 Å². The van der Waals surface area contributed by atoms with Crippen molar-refractivity contribution in [3.05, 3.63) is 36.2 Å². The van der Waals surface area contributed by atoms with E-state index in [4.69, 9.17) is 10.5 Å². The number of benzene rings is 1. The van der Waals surface area contributed by atoms with Crippen LogP contribution in [-0.4, -0.2) is 17.1 Å². The SMILES string of the molecule is COc1ccc(-c2ncnc(N)c2C(C)C)cc1. The van der Waals surface area contributed by atoms with Crippen molar-refractivity contribution in [1.29, 1.82) is 0 Å². The molecule has 0 saturated heterocycles. The Labute approximate surface area is 107 Å². The third-order valence-electron chi connectivity index (χ3n) is 2.86. The summed E-state index contributed by atoms with van der Waals surface area (Å²) >= 11 is 0. The van der Waals surface area contributed by atoms with E-state index in [1.807, 2.05) is 24.3 Å². The Hall–Kier alpha value is -2.10. The Kier molecular flexibility index (Phi) is 3.46. The van der Waals surface area contributed by atoms with Crippen LogP contribution >= 0.6 is 0 Å².